The number of nitrogens with zero attached hydrogens (tertiary/aromatic N) is 2. The highest BCUT2D eigenvalue weighted by molar-refractivity contribution is 7.09. The zero-order valence-corrected chi connectivity index (χ0v) is 15.1. The number of aryl methyl sites for hydroxylation is 1. The number of amides is 1. The maximum Gasteiger partial charge on any atom is 0.241 e. The molecule has 5 nitrogen and oxygen atoms in total. The zero-order chi connectivity index (χ0) is 17.1. The Morgan fingerprint density at radius 2 is 2.25 bits per heavy atom. The van der Waals surface area contributed by atoms with Crippen LogP contribution in [0.25, 0.3) is 0 Å². The number of thiazole rings is 1. The predicted molar refractivity (Wildman–Crippen MR) is 96.2 cm³/mol. The van der Waals surface area contributed by atoms with E-state index in [0.29, 0.717) is 6.54 Å². The van der Waals surface area contributed by atoms with E-state index in [9.17, 15) is 4.79 Å². The average Bonchev–Trinajstić information content (AvgIpc) is 2.96. The summed E-state index contributed by atoms with van der Waals surface area (Å²) in [7, 11) is 3.67. The number of hydrogen-bond acceptors (Lipinski definition) is 5. The van der Waals surface area contributed by atoms with E-state index < -0.39 is 0 Å². The van der Waals surface area contributed by atoms with Crippen molar-refractivity contribution in [2.75, 3.05) is 19.5 Å². The zero-order valence-electron chi connectivity index (χ0n) is 14.3. The van der Waals surface area contributed by atoms with Crippen molar-refractivity contribution in [2.45, 2.75) is 38.5 Å². The number of carbonyl (C=O) groups excluding carboxylic acids is 1. The summed E-state index contributed by atoms with van der Waals surface area (Å²) in [4.78, 5) is 19.3. The van der Waals surface area contributed by atoms with E-state index in [-0.39, 0.29) is 18.1 Å². The fourth-order valence-corrected chi connectivity index (χ4v) is 3.81. The second-order valence-electron chi connectivity index (χ2n) is 6.17. The molecule has 0 saturated heterocycles. The Morgan fingerprint density at radius 3 is 3.04 bits per heavy atom. The van der Waals surface area contributed by atoms with Crippen LogP contribution in [0.3, 0.4) is 0 Å². The van der Waals surface area contributed by atoms with E-state index in [1.807, 2.05) is 37.6 Å². The summed E-state index contributed by atoms with van der Waals surface area (Å²) in [5.41, 5.74) is 3.12. The lowest BCUT2D eigenvalue weighted by Crippen LogP contribution is -2.40. The monoisotopic (exact) mass is 345 g/mol. The third kappa shape index (κ3) is 3.66. The number of benzene rings is 1. The van der Waals surface area contributed by atoms with Gasteiger partial charge in [-0.2, -0.15) is 0 Å². The first-order chi connectivity index (χ1) is 11.6. The van der Waals surface area contributed by atoms with E-state index in [1.54, 1.807) is 18.4 Å². The van der Waals surface area contributed by atoms with Gasteiger partial charge in [0.25, 0.3) is 0 Å². The highest BCUT2D eigenvalue weighted by Crippen LogP contribution is 2.25. The third-order valence-electron chi connectivity index (χ3n) is 4.48. The van der Waals surface area contributed by atoms with Crippen molar-refractivity contribution in [1.82, 2.24) is 9.88 Å². The fourth-order valence-electron chi connectivity index (χ4n) is 2.97. The minimum absolute atomic E-state index is 0.00438. The van der Waals surface area contributed by atoms with Crippen LogP contribution in [0.15, 0.2) is 29.6 Å². The summed E-state index contributed by atoms with van der Waals surface area (Å²) in [5, 5.41) is 6.07. The molecular formula is C18H23N3O2S. The second-order valence-corrected chi connectivity index (χ2v) is 7.06. The first-order valence-electron chi connectivity index (χ1n) is 8.14. The van der Waals surface area contributed by atoms with Crippen molar-refractivity contribution in [1.29, 1.82) is 0 Å². The van der Waals surface area contributed by atoms with E-state index in [1.165, 1.54) is 5.56 Å². The van der Waals surface area contributed by atoms with Gasteiger partial charge < -0.3 is 10.1 Å². The number of carbonyl (C=O) groups is 1. The smallest absolute Gasteiger partial charge is 0.241 e. The van der Waals surface area contributed by atoms with Gasteiger partial charge in [0, 0.05) is 24.7 Å². The summed E-state index contributed by atoms with van der Waals surface area (Å²) in [5.74, 6) is 0.0585. The number of methoxy groups -OCH3 is 1. The van der Waals surface area contributed by atoms with E-state index >= 15 is 0 Å². The molecule has 3 rings (SSSR count). The van der Waals surface area contributed by atoms with E-state index in [4.69, 9.17) is 4.74 Å². The second kappa shape index (κ2) is 7.42. The Balaban J connectivity index is 1.68. The SMILES string of the molecule is CO[C@@H](C)c1nc(CN(C)[C@@H]2CCc3ccccc3NC2=O)cs1. The number of hydrogen-bond donors (Lipinski definition) is 1. The van der Waals surface area contributed by atoms with E-state index in [2.05, 4.69) is 21.3 Å². The number of rotatable bonds is 5. The topological polar surface area (TPSA) is 54.5 Å². The number of ether oxygens (including phenoxy) is 1. The minimum Gasteiger partial charge on any atom is -0.375 e. The Hall–Kier alpha value is -1.76. The number of nitrogens with one attached hydrogen (secondary N) is 1. The normalized spacial score (nSPS) is 18.8. The number of para-hydroxylation sites is 1. The number of anilines is 1. The van der Waals surface area contributed by atoms with Gasteiger partial charge in [-0.1, -0.05) is 18.2 Å². The van der Waals surface area contributed by atoms with Gasteiger partial charge in [0.2, 0.25) is 5.91 Å². The van der Waals surface area contributed by atoms with Gasteiger partial charge >= 0.3 is 0 Å². The molecular weight excluding hydrogens is 322 g/mol. The molecule has 1 aromatic heterocycles. The summed E-state index contributed by atoms with van der Waals surface area (Å²) in [6, 6.07) is 7.87. The third-order valence-corrected chi connectivity index (χ3v) is 5.53. The molecule has 0 radical (unpaired) electrons. The van der Waals surface area contributed by atoms with Gasteiger partial charge in [-0.15, -0.1) is 11.3 Å². The van der Waals surface area contributed by atoms with E-state index in [0.717, 1.165) is 29.2 Å². The first kappa shape index (κ1) is 17.1. The molecule has 1 amide bonds. The first-order valence-corrected chi connectivity index (χ1v) is 9.02. The highest BCUT2D eigenvalue weighted by Gasteiger charge is 2.27. The van der Waals surface area contributed by atoms with Gasteiger partial charge in [-0.3, -0.25) is 9.69 Å². The highest BCUT2D eigenvalue weighted by atomic mass is 32.1. The minimum atomic E-state index is -0.151. The van der Waals surface area contributed by atoms with Gasteiger partial charge in [-0.05, 0) is 38.4 Å². The van der Waals surface area contributed by atoms with Crippen molar-refractivity contribution < 1.29 is 9.53 Å². The molecule has 1 aliphatic heterocycles. The number of fused-ring (bicyclic) bond motifs is 1. The maximum absolute atomic E-state index is 12.6. The molecule has 2 atom stereocenters. The molecule has 1 N–H and O–H groups in total. The predicted octanol–water partition coefficient (Wildman–Crippen LogP) is 3.24. The molecule has 1 aliphatic rings. The molecule has 6 heteroatoms. The van der Waals surface area contributed by atoms with Crippen molar-refractivity contribution >= 4 is 22.9 Å². The Bertz CT molecular complexity index is 716. The van der Waals surface area contributed by atoms with Gasteiger partial charge in [0.05, 0.1) is 11.7 Å². The Kier molecular flexibility index (Phi) is 5.28. The molecule has 2 heterocycles. The molecule has 0 bridgehead atoms. The number of aromatic nitrogens is 1. The molecule has 1 aromatic carbocycles. The van der Waals surface area contributed by atoms with Crippen LogP contribution >= 0.6 is 11.3 Å². The lowest BCUT2D eigenvalue weighted by Gasteiger charge is -2.24. The fraction of sp³-hybridized carbons (Fsp3) is 0.444. The molecule has 0 saturated carbocycles. The van der Waals surface area contributed by atoms with Crippen molar-refractivity contribution in [3.05, 3.63) is 45.9 Å². The summed E-state index contributed by atoms with van der Waals surface area (Å²) in [6.07, 6.45) is 1.71. The largest absolute Gasteiger partial charge is 0.375 e. The van der Waals surface area contributed by atoms with Crippen LogP contribution in [0.5, 0.6) is 0 Å². The van der Waals surface area contributed by atoms with Crippen LogP contribution in [-0.4, -0.2) is 36.0 Å². The molecule has 0 aliphatic carbocycles. The van der Waals surface area contributed by atoms with Crippen LogP contribution in [0.2, 0.25) is 0 Å². The number of likely N-dealkylation sites (N-methyl/N-ethyl adjacent to an activating group) is 1. The van der Waals surface area contributed by atoms with Gasteiger partial charge in [0.15, 0.2) is 0 Å². The van der Waals surface area contributed by atoms with Crippen molar-refractivity contribution in [3.63, 3.8) is 0 Å². The Morgan fingerprint density at radius 1 is 1.46 bits per heavy atom. The van der Waals surface area contributed by atoms with Crippen LogP contribution in [0.4, 0.5) is 5.69 Å². The molecule has 0 spiro atoms. The quantitative estimate of drug-likeness (QED) is 0.904. The summed E-state index contributed by atoms with van der Waals surface area (Å²) < 4.78 is 5.31. The van der Waals surface area contributed by atoms with Crippen molar-refractivity contribution in [2.24, 2.45) is 0 Å². The van der Waals surface area contributed by atoms with Crippen LogP contribution in [0, 0.1) is 0 Å². The summed E-state index contributed by atoms with van der Waals surface area (Å²) in [6.45, 7) is 2.64. The maximum atomic E-state index is 12.6. The lowest BCUT2D eigenvalue weighted by atomic mass is 10.1. The Labute approximate surface area is 146 Å². The molecule has 0 unspecified atom stereocenters. The standard InChI is InChI=1S/C18H23N3O2S/c1-12(23-3)18-19-14(11-24-18)10-21(2)16-9-8-13-6-4-5-7-15(13)20-17(16)22/h4-7,11-12,16H,8-10H2,1-3H3,(H,20,22)/t12-,16+/m0/s1. The van der Waals surface area contributed by atoms with Gasteiger partial charge in [0.1, 0.15) is 11.1 Å². The van der Waals surface area contributed by atoms with Gasteiger partial charge in [-0.25, -0.2) is 4.98 Å². The summed E-state index contributed by atoms with van der Waals surface area (Å²) >= 11 is 1.60. The van der Waals surface area contributed by atoms with Crippen LogP contribution < -0.4 is 5.32 Å². The molecule has 2 aromatic rings. The van der Waals surface area contributed by atoms with Crippen molar-refractivity contribution in [3.8, 4) is 0 Å². The average molecular weight is 345 g/mol. The van der Waals surface area contributed by atoms with Crippen LogP contribution in [0.1, 0.15) is 35.7 Å². The lowest BCUT2D eigenvalue weighted by molar-refractivity contribution is -0.121. The molecule has 24 heavy (non-hydrogen) atoms. The van der Waals surface area contributed by atoms with Crippen LogP contribution in [-0.2, 0) is 22.5 Å². The molecule has 0 fully saturated rings. The molecule has 128 valence electrons.